The van der Waals surface area contributed by atoms with E-state index in [9.17, 15) is 0 Å². The van der Waals surface area contributed by atoms with E-state index < -0.39 is 0 Å². The molecule has 0 bridgehead atoms. The quantitative estimate of drug-likeness (QED) is 0.204. The number of nitrogens with zero attached hydrogens (tertiary/aromatic N) is 2. The highest BCUT2D eigenvalue weighted by atomic mass is 35.5. The fourth-order valence-electron chi connectivity index (χ4n) is 8.65. The minimum absolute atomic E-state index is 0.594. The second kappa shape index (κ2) is 12.6. The number of piperidine rings is 2. The van der Waals surface area contributed by atoms with Crippen LogP contribution >= 0.6 is 23.2 Å². The van der Waals surface area contributed by atoms with E-state index in [0.717, 1.165) is 22.9 Å². The summed E-state index contributed by atoms with van der Waals surface area (Å²) in [7, 11) is 0. The van der Waals surface area contributed by atoms with Crippen LogP contribution in [0.15, 0.2) is 102 Å². The number of benzene rings is 3. The van der Waals surface area contributed by atoms with Crippen molar-refractivity contribution in [2.45, 2.75) is 57.4 Å². The lowest BCUT2D eigenvalue weighted by Gasteiger charge is -2.47. The highest BCUT2D eigenvalue weighted by molar-refractivity contribution is 6.30. The van der Waals surface area contributed by atoms with E-state index in [1.54, 1.807) is 5.57 Å². The summed E-state index contributed by atoms with van der Waals surface area (Å²) in [5, 5.41) is 4.36. The molecule has 4 heterocycles. The molecule has 2 fully saturated rings. The number of rotatable bonds is 5. The molecule has 45 heavy (non-hydrogen) atoms. The van der Waals surface area contributed by atoms with Crippen LogP contribution in [0.1, 0.15) is 60.8 Å². The van der Waals surface area contributed by atoms with E-state index in [1.807, 2.05) is 24.3 Å². The third kappa shape index (κ3) is 5.82. The van der Waals surface area contributed by atoms with Gasteiger partial charge in [-0.05, 0) is 127 Å². The molecule has 4 aliphatic heterocycles. The van der Waals surface area contributed by atoms with Gasteiger partial charge in [-0.2, -0.15) is 0 Å². The first-order valence-corrected chi connectivity index (χ1v) is 17.7. The van der Waals surface area contributed by atoms with E-state index in [2.05, 4.69) is 76.3 Å². The van der Waals surface area contributed by atoms with Gasteiger partial charge in [-0.25, -0.2) is 4.58 Å². The molecule has 2 unspecified atom stereocenters. The Hall–Kier alpha value is -3.17. The van der Waals surface area contributed by atoms with Crippen molar-refractivity contribution >= 4 is 34.3 Å². The van der Waals surface area contributed by atoms with Gasteiger partial charge in [0.2, 0.25) is 5.36 Å². The molecular formula is C41H41Cl2N2+. The Labute approximate surface area is 277 Å². The Morgan fingerprint density at radius 3 is 2.16 bits per heavy atom. The zero-order chi connectivity index (χ0) is 30.3. The lowest BCUT2D eigenvalue weighted by atomic mass is 9.74. The Balaban J connectivity index is 1.26. The van der Waals surface area contributed by atoms with Crippen LogP contribution in [-0.2, 0) is 12.8 Å². The van der Waals surface area contributed by atoms with Crippen molar-refractivity contribution in [1.29, 1.82) is 0 Å². The first-order chi connectivity index (χ1) is 22.1. The smallest absolute Gasteiger partial charge is 0.206 e. The van der Waals surface area contributed by atoms with Crippen molar-refractivity contribution in [2.24, 2.45) is 5.92 Å². The van der Waals surface area contributed by atoms with E-state index in [4.69, 9.17) is 23.2 Å². The minimum atomic E-state index is 0.594. The molecule has 3 aromatic carbocycles. The van der Waals surface area contributed by atoms with Crippen LogP contribution in [0.4, 0.5) is 0 Å². The third-order valence-electron chi connectivity index (χ3n) is 10.6. The number of halogens is 2. The van der Waals surface area contributed by atoms with Crippen molar-refractivity contribution in [2.75, 3.05) is 26.2 Å². The maximum absolute atomic E-state index is 6.36. The second-order valence-corrected chi connectivity index (χ2v) is 14.3. The zero-order valence-electron chi connectivity index (χ0n) is 26.0. The standard InChI is InChI=1S/C41H41Cl2N2/c42-36-16-12-28(13-17-36)38(34-24-30-6-2-20-44-21-3-7-31(25-34)40(30)44)10-1-11-39(29-14-18-37(43)19-15-29)35-26-32-8-4-22-45-23-5-9-33(27-35)41(32)45/h1,10-19,24-27,30,40H,2-9,20-23H2/q+1/b11-1+,38-10+. The van der Waals surface area contributed by atoms with Gasteiger partial charge in [0.25, 0.3) is 0 Å². The summed E-state index contributed by atoms with van der Waals surface area (Å²) in [4.78, 5) is 2.74. The highest BCUT2D eigenvalue weighted by Crippen LogP contribution is 2.42. The van der Waals surface area contributed by atoms with Crippen molar-refractivity contribution in [1.82, 2.24) is 9.48 Å². The lowest BCUT2D eigenvalue weighted by molar-refractivity contribution is 0.114. The van der Waals surface area contributed by atoms with E-state index in [0.29, 0.717) is 12.0 Å². The maximum atomic E-state index is 6.36. The Morgan fingerprint density at radius 2 is 1.44 bits per heavy atom. The molecular weight excluding hydrogens is 591 g/mol. The van der Waals surface area contributed by atoms with Crippen molar-refractivity contribution < 1.29 is 0 Å². The molecule has 5 aliphatic rings. The predicted molar refractivity (Wildman–Crippen MR) is 189 cm³/mol. The van der Waals surface area contributed by atoms with Gasteiger partial charge in [0.15, 0.2) is 0 Å². The molecule has 4 heteroatoms. The van der Waals surface area contributed by atoms with Crippen molar-refractivity contribution in [3.63, 3.8) is 0 Å². The largest absolute Gasteiger partial charge is 0.296 e. The molecule has 0 spiro atoms. The first-order valence-electron chi connectivity index (χ1n) is 17.0. The van der Waals surface area contributed by atoms with Crippen LogP contribution in [0.25, 0.3) is 11.1 Å². The van der Waals surface area contributed by atoms with Gasteiger partial charge in [0.1, 0.15) is 13.1 Å². The fraction of sp³-hybridized carbons (Fsp3) is 0.341. The Kier molecular flexibility index (Phi) is 8.16. The summed E-state index contributed by atoms with van der Waals surface area (Å²) in [6.07, 6.45) is 21.8. The molecule has 0 amide bonds. The van der Waals surface area contributed by atoms with Crippen LogP contribution in [0.3, 0.4) is 0 Å². The maximum Gasteiger partial charge on any atom is 0.206 e. The van der Waals surface area contributed by atoms with Crippen LogP contribution in [0.5, 0.6) is 0 Å². The minimum Gasteiger partial charge on any atom is -0.296 e. The molecule has 2 atom stereocenters. The zero-order valence-corrected chi connectivity index (χ0v) is 27.5. The van der Waals surface area contributed by atoms with Crippen molar-refractivity contribution in [3.05, 3.63) is 145 Å². The normalized spacial score (nSPS) is 22.9. The third-order valence-corrected chi connectivity index (χ3v) is 11.1. The Morgan fingerprint density at radius 1 is 0.778 bits per heavy atom. The lowest BCUT2D eigenvalue weighted by Crippen LogP contribution is -2.49. The number of hydrogen-bond acceptors (Lipinski definition) is 1. The van der Waals surface area contributed by atoms with Crippen LogP contribution in [0.2, 0.25) is 10.0 Å². The van der Waals surface area contributed by atoms with Gasteiger partial charge in [0, 0.05) is 40.1 Å². The molecule has 0 radical (unpaired) electrons. The average Bonchev–Trinajstić information content (AvgIpc) is 3.06. The van der Waals surface area contributed by atoms with Gasteiger partial charge in [-0.3, -0.25) is 4.90 Å². The molecule has 8 rings (SSSR count). The molecule has 2 saturated heterocycles. The molecule has 2 nitrogen and oxygen atoms in total. The summed E-state index contributed by atoms with van der Waals surface area (Å²) in [6, 6.07) is 22.2. The summed E-state index contributed by atoms with van der Waals surface area (Å²) < 4.78 is 2.62. The number of aryl methyl sites for hydroxylation is 2. The average molecular weight is 633 g/mol. The van der Waals surface area contributed by atoms with E-state index in [1.165, 1.54) is 114 Å². The Bertz CT molecular complexity index is 1830. The van der Waals surface area contributed by atoms with Crippen LogP contribution in [0, 0.1) is 5.92 Å². The molecule has 228 valence electrons. The van der Waals surface area contributed by atoms with Gasteiger partial charge < -0.3 is 0 Å². The van der Waals surface area contributed by atoms with E-state index in [-0.39, 0.29) is 0 Å². The van der Waals surface area contributed by atoms with Gasteiger partial charge in [-0.1, -0.05) is 83.4 Å². The first kappa shape index (κ1) is 29.2. The van der Waals surface area contributed by atoms with Gasteiger partial charge >= 0.3 is 0 Å². The molecule has 0 aromatic heterocycles. The molecule has 0 N–H and O–H groups in total. The molecule has 0 saturated carbocycles. The summed E-state index contributed by atoms with van der Waals surface area (Å²) in [5.41, 5.74) is 10.9. The highest BCUT2D eigenvalue weighted by Gasteiger charge is 2.37. The summed E-state index contributed by atoms with van der Waals surface area (Å²) >= 11 is 12.7. The van der Waals surface area contributed by atoms with Crippen LogP contribution < -0.4 is 15.2 Å². The van der Waals surface area contributed by atoms with E-state index >= 15 is 0 Å². The summed E-state index contributed by atoms with van der Waals surface area (Å²) in [5.74, 6) is 0.594. The van der Waals surface area contributed by atoms with Gasteiger partial charge in [-0.15, -0.1) is 0 Å². The number of hydrogen-bond donors (Lipinski definition) is 0. The molecule has 1 aliphatic carbocycles. The van der Waals surface area contributed by atoms with Gasteiger partial charge in [0.05, 0.1) is 0 Å². The van der Waals surface area contributed by atoms with Crippen molar-refractivity contribution in [3.8, 4) is 0 Å². The predicted octanol–water partition coefficient (Wildman–Crippen LogP) is 7.96. The monoisotopic (exact) mass is 631 g/mol. The SMILES string of the molecule is Clc1ccc(C(/C=C/C=C(/C2=CC3CCCN4CCCC(=C2)C34)c2ccc(Cl)cc2)=c2cc3c4c(c2)CCC[N+]=4CCC3)cc1. The van der Waals surface area contributed by atoms with Crippen LogP contribution in [-0.4, -0.2) is 37.1 Å². The topological polar surface area (TPSA) is 6.25 Å². The molecule has 3 aromatic rings. The second-order valence-electron chi connectivity index (χ2n) is 13.4. The number of allylic oxidation sites excluding steroid dienone is 6. The fourth-order valence-corrected chi connectivity index (χ4v) is 8.90. The summed E-state index contributed by atoms with van der Waals surface area (Å²) in [6.45, 7) is 4.87.